The molecule has 126 valence electrons. The Kier molecular flexibility index (Phi) is 7.45. The summed E-state index contributed by atoms with van der Waals surface area (Å²) in [5.41, 5.74) is 6.16. The lowest BCUT2D eigenvalue weighted by molar-refractivity contribution is 0.304. The minimum Gasteiger partial charge on any atom is -0.488 e. The third kappa shape index (κ3) is 6.09. The molecule has 4 nitrogen and oxygen atoms in total. The van der Waals surface area contributed by atoms with Crippen LogP contribution in [0.5, 0.6) is 5.75 Å². The van der Waals surface area contributed by atoms with Crippen molar-refractivity contribution in [3.8, 4) is 5.75 Å². The molecule has 0 aromatic heterocycles. The van der Waals surface area contributed by atoms with E-state index in [1.54, 1.807) is 6.21 Å². The van der Waals surface area contributed by atoms with E-state index < -0.39 is 0 Å². The Labute approximate surface area is 161 Å². The maximum absolute atomic E-state index is 5.91. The van der Waals surface area contributed by atoms with Crippen molar-refractivity contribution in [1.29, 1.82) is 0 Å². The van der Waals surface area contributed by atoms with Gasteiger partial charge in [-0.05, 0) is 78.0 Å². The van der Waals surface area contributed by atoms with Crippen molar-refractivity contribution < 1.29 is 4.74 Å². The Morgan fingerprint density at radius 2 is 2.12 bits per heavy atom. The highest BCUT2D eigenvalue weighted by atomic mass is 127. The molecule has 2 rings (SSSR count). The fourth-order valence-electron chi connectivity index (χ4n) is 2.04. The first-order valence-corrected chi connectivity index (χ1v) is 9.12. The first-order valence-electron chi connectivity index (χ1n) is 7.63. The Balaban J connectivity index is 1.94. The van der Waals surface area contributed by atoms with Crippen LogP contribution in [0.4, 0.5) is 0 Å². The molecule has 0 aliphatic carbocycles. The number of hydrogen-bond acceptors (Lipinski definition) is 3. The van der Waals surface area contributed by atoms with E-state index in [2.05, 4.69) is 63.6 Å². The van der Waals surface area contributed by atoms with Crippen molar-refractivity contribution in [3.05, 3.63) is 62.7 Å². The lowest BCUT2D eigenvalue weighted by Gasteiger charge is -2.09. The van der Waals surface area contributed by atoms with Crippen molar-refractivity contribution >= 4 is 46.1 Å². The molecule has 0 spiro atoms. The third-order valence-corrected chi connectivity index (χ3v) is 4.23. The monoisotopic (exact) mass is 453 g/mol. The molecular weight excluding hydrogens is 433 g/mol. The minimum atomic E-state index is 0.515. The highest BCUT2D eigenvalue weighted by Gasteiger charge is 2.03. The number of aryl methyl sites for hydroxylation is 1. The van der Waals surface area contributed by atoms with Crippen molar-refractivity contribution in [2.24, 2.45) is 5.10 Å². The summed E-state index contributed by atoms with van der Waals surface area (Å²) in [6.45, 7) is 5.39. The first kappa shape index (κ1) is 18.7. The van der Waals surface area contributed by atoms with Gasteiger partial charge >= 0.3 is 0 Å². The summed E-state index contributed by atoms with van der Waals surface area (Å²) in [5.74, 6) is 0.866. The van der Waals surface area contributed by atoms with Crippen LogP contribution in [-0.4, -0.2) is 17.9 Å². The second-order valence-electron chi connectivity index (χ2n) is 5.20. The Hall–Kier alpha value is -1.67. The van der Waals surface area contributed by atoms with Crippen LogP contribution in [0.2, 0.25) is 0 Å². The molecule has 0 fully saturated rings. The summed E-state index contributed by atoms with van der Waals surface area (Å²) < 4.78 is 6.95. The van der Waals surface area contributed by atoms with E-state index in [1.807, 2.05) is 31.2 Å². The van der Waals surface area contributed by atoms with Crippen molar-refractivity contribution in [1.82, 2.24) is 10.7 Å². The fraction of sp³-hybridized carbons (Fsp3) is 0.222. The SMILES string of the molecule is CCNC(=S)NN=Cc1ccc(OCc2cccc(C)c2)c(I)c1. The number of rotatable bonds is 6. The molecule has 2 N–H and O–H groups in total. The van der Waals surface area contributed by atoms with Crippen LogP contribution < -0.4 is 15.5 Å². The zero-order valence-electron chi connectivity index (χ0n) is 13.7. The third-order valence-electron chi connectivity index (χ3n) is 3.15. The number of nitrogens with zero attached hydrogens (tertiary/aromatic N) is 1. The van der Waals surface area contributed by atoms with Gasteiger partial charge < -0.3 is 10.1 Å². The number of ether oxygens (including phenoxy) is 1. The van der Waals surface area contributed by atoms with Crippen LogP contribution >= 0.6 is 34.8 Å². The van der Waals surface area contributed by atoms with Gasteiger partial charge in [-0.15, -0.1) is 0 Å². The molecule has 0 heterocycles. The van der Waals surface area contributed by atoms with Gasteiger partial charge in [0.1, 0.15) is 12.4 Å². The van der Waals surface area contributed by atoms with Gasteiger partial charge in [0.05, 0.1) is 9.78 Å². The molecule has 2 aromatic carbocycles. The van der Waals surface area contributed by atoms with E-state index in [4.69, 9.17) is 17.0 Å². The van der Waals surface area contributed by atoms with Gasteiger partial charge in [-0.1, -0.05) is 29.8 Å². The van der Waals surface area contributed by atoms with E-state index in [0.29, 0.717) is 11.7 Å². The molecule has 0 aliphatic heterocycles. The quantitative estimate of drug-likeness (QED) is 0.301. The second-order valence-corrected chi connectivity index (χ2v) is 6.77. The molecule has 0 aliphatic rings. The van der Waals surface area contributed by atoms with E-state index in [9.17, 15) is 0 Å². The van der Waals surface area contributed by atoms with Gasteiger partial charge in [0, 0.05) is 6.54 Å². The van der Waals surface area contributed by atoms with E-state index >= 15 is 0 Å². The van der Waals surface area contributed by atoms with Gasteiger partial charge in [-0.3, -0.25) is 5.43 Å². The number of benzene rings is 2. The van der Waals surface area contributed by atoms with Gasteiger partial charge in [-0.25, -0.2) is 0 Å². The first-order chi connectivity index (χ1) is 11.6. The molecule has 0 atom stereocenters. The zero-order valence-corrected chi connectivity index (χ0v) is 16.6. The Morgan fingerprint density at radius 1 is 1.29 bits per heavy atom. The van der Waals surface area contributed by atoms with Crippen LogP contribution in [0.25, 0.3) is 0 Å². The summed E-state index contributed by atoms with van der Waals surface area (Å²) in [6.07, 6.45) is 1.73. The Bertz CT molecular complexity index is 734. The van der Waals surface area contributed by atoms with Crippen molar-refractivity contribution in [3.63, 3.8) is 0 Å². The van der Waals surface area contributed by atoms with E-state index in [1.165, 1.54) is 5.56 Å². The average molecular weight is 453 g/mol. The van der Waals surface area contributed by atoms with Crippen LogP contribution in [0.3, 0.4) is 0 Å². The highest BCUT2D eigenvalue weighted by molar-refractivity contribution is 14.1. The predicted molar refractivity (Wildman–Crippen MR) is 112 cm³/mol. The van der Waals surface area contributed by atoms with E-state index in [0.717, 1.165) is 27.0 Å². The molecule has 2 aromatic rings. The van der Waals surface area contributed by atoms with Crippen LogP contribution in [-0.2, 0) is 6.61 Å². The van der Waals surface area contributed by atoms with Crippen LogP contribution in [0.1, 0.15) is 23.6 Å². The number of nitrogens with one attached hydrogen (secondary N) is 2. The van der Waals surface area contributed by atoms with Crippen molar-refractivity contribution in [2.75, 3.05) is 6.54 Å². The smallest absolute Gasteiger partial charge is 0.186 e. The standard InChI is InChI=1S/C18H20IN3OS/c1-3-20-18(24)22-21-11-14-7-8-17(16(19)10-14)23-12-15-6-4-5-13(2)9-15/h4-11H,3,12H2,1-2H3,(H2,20,22,24). The maximum Gasteiger partial charge on any atom is 0.186 e. The molecule has 0 unspecified atom stereocenters. The number of thiocarbonyl (C=S) groups is 1. The molecule has 0 saturated carbocycles. The summed E-state index contributed by atoms with van der Waals surface area (Å²) in [4.78, 5) is 0. The van der Waals surface area contributed by atoms with Crippen LogP contribution in [0.15, 0.2) is 47.6 Å². The second kappa shape index (κ2) is 9.58. The summed E-state index contributed by atoms with van der Waals surface area (Å²) in [6, 6.07) is 14.3. The zero-order chi connectivity index (χ0) is 17.4. The normalized spacial score (nSPS) is 10.6. The highest BCUT2D eigenvalue weighted by Crippen LogP contribution is 2.22. The topological polar surface area (TPSA) is 45.7 Å². The average Bonchev–Trinajstić information content (AvgIpc) is 2.54. The molecular formula is C18H20IN3OS. The van der Waals surface area contributed by atoms with E-state index in [-0.39, 0.29) is 0 Å². The molecule has 0 bridgehead atoms. The summed E-state index contributed by atoms with van der Waals surface area (Å²) >= 11 is 7.32. The van der Waals surface area contributed by atoms with Crippen LogP contribution in [0, 0.1) is 10.5 Å². The van der Waals surface area contributed by atoms with Gasteiger partial charge in [0.15, 0.2) is 5.11 Å². The predicted octanol–water partition coefficient (Wildman–Crippen LogP) is 4.00. The molecule has 0 saturated heterocycles. The minimum absolute atomic E-state index is 0.515. The van der Waals surface area contributed by atoms with Gasteiger partial charge in [-0.2, -0.15) is 5.10 Å². The lowest BCUT2D eigenvalue weighted by Crippen LogP contribution is -2.31. The van der Waals surface area contributed by atoms with Crippen molar-refractivity contribution in [2.45, 2.75) is 20.5 Å². The van der Waals surface area contributed by atoms with Gasteiger partial charge in [0.2, 0.25) is 0 Å². The Morgan fingerprint density at radius 3 is 2.83 bits per heavy atom. The molecule has 0 radical (unpaired) electrons. The lowest BCUT2D eigenvalue weighted by atomic mass is 10.1. The summed E-state index contributed by atoms with van der Waals surface area (Å²) in [5, 5.41) is 7.60. The number of hydrazone groups is 1. The maximum atomic E-state index is 5.91. The fourth-order valence-corrected chi connectivity index (χ4v) is 2.94. The summed E-state index contributed by atoms with van der Waals surface area (Å²) in [7, 11) is 0. The molecule has 6 heteroatoms. The molecule has 24 heavy (non-hydrogen) atoms. The number of halogens is 1. The van der Waals surface area contributed by atoms with Gasteiger partial charge in [0.25, 0.3) is 0 Å². The molecule has 0 amide bonds. The number of hydrogen-bond donors (Lipinski definition) is 2. The largest absolute Gasteiger partial charge is 0.488 e.